The van der Waals surface area contributed by atoms with Gasteiger partial charge in [-0.15, -0.1) is 0 Å². The van der Waals surface area contributed by atoms with E-state index in [0.29, 0.717) is 10.8 Å². The van der Waals surface area contributed by atoms with Crippen molar-refractivity contribution in [2.24, 2.45) is 0 Å². The van der Waals surface area contributed by atoms with Crippen LogP contribution in [0.15, 0.2) is 22.9 Å². The van der Waals surface area contributed by atoms with E-state index in [4.69, 9.17) is 5.26 Å². The third kappa shape index (κ3) is 4.07. The van der Waals surface area contributed by atoms with E-state index in [2.05, 4.69) is 32.7 Å². The van der Waals surface area contributed by atoms with Crippen LogP contribution < -0.4 is 26.6 Å². The lowest BCUT2D eigenvalue weighted by Crippen LogP contribution is -2.65. The highest BCUT2D eigenvalue weighted by Crippen LogP contribution is 2.27. The number of nitrogens with zero attached hydrogens (tertiary/aromatic N) is 2. The first-order valence-electron chi connectivity index (χ1n) is 9.34. The zero-order valence-corrected chi connectivity index (χ0v) is 17.2. The smallest absolute Gasteiger partial charge is 0.336 e. The number of rotatable bonds is 4. The maximum Gasteiger partial charge on any atom is 0.336 e. The van der Waals surface area contributed by atoms with Crippen LogP contribution in [0.2, 0.25) is 0 Å². The fraction of sp³-hybridized carbons (Fsp3) is 0.588. The Hall–Kier alpha value is -2.62. The van der Waals surface area contributed by atoms with Gasteiger partial charge in [0.25, 0.3) is 10.0 Å². The van der Waals surface area contributed by atoms with Gasteiger partial charge in [0.1, 0.15) is 17.5 Å². The van der Waals surface area contributed by atoms with Crippen molar-refractivity contribution >= 4 is 22.0 Å². The monoisotopic (exact) mass is 423 g/mol. The maximum absolute atomic E-state index is 12.9. The lowest BCUT2D eigenvalue weighted by atomic mass is 9.98. The van der Waals surface area contributed by atoms with Crippen LogP contribution in [-0.4, -0.2) is 68.0 Å². The predicted molar refractivity (Wildman–Crippen MR) is 104 cm³/mol. The third-order valence-corrected chi connectivity index (χ3v) is 7.23. The maximum atomic E-state index is 12.9. The van der Waals surface area contributed by atoms with E-state index in [0.717, 1.165) is 0 Å². The summed E-state index contributed by atoms with van der Waals surface area (Å²) in [6, 6.07) is -0.166. The zero-order chi connectivity index (χ0) is 21.3. The Balaban J connectivity index is 1.68. The quantitative estimate of drug-likeness (QED) is 0.362. The number of carbonyl (C=O) groups excluding carboxylic acids is 2. The van der Waals surface area contributed by atoms with Gasteiger partial charge in [-0.05, 0) is 33.0 Å². The minimum atomic E-state index is -4.14. The number of hydrogen-bond acceptors (Lipinski definition) is 8. The number of dihydropyridines is 1. The Morgan fingerprint density at radius 1 is 1.45 bits per heavy atom. The molecule has 0 radical (unpaired) electrons. The Bertz CT molecular complexity index is 907. The average Bonchev–Trinajstić information content (AvgIpc) is 2.64. The molecular weight excluding hydrogens is 398 g/mol. The fourth-order valence-corrected chi connectivity index (χ4v) is 5.52. The molecule has 0 aromatic rings. The number of carbonyl (C=O) groups is 2. The third-order valence-electron chi connectivity index (χ3n) is 5.22. The van der Waals surface area contributed by atoms with Gasteiger partial charge in [-0.25, -0.2) is 17.5 Å². The molecule has 3 aliphatic rings. The van der Waals surface area contributed by atoms with Gasteiger partial charge in [0.2, 0.25) is 5.91 Å². The number of allylic oxidation sites excluding steroid dienone is 1. The van der Waals surface area contributed by atoms with Crippen molar-refractivity contribution in [2.75, 3.05) is 13.1 Å². The number of nitriles is 1. The standard InChI is InChI=1S/C17H25N7O4S/c1-9-15(20-7-12(6-18)21-9)10(2)22-14(25)8-24-17(26)23-13-4-5-19-11(3)16(13)29(24,27)28/h4-5,9-12,15,19-21H,7-8H2,1-3H3,(H,22,25)(H,23,26)/t9?,10-,11?,12?,15?/m0/s1. The van der Waals surface area contributed by atoms with Crippen LogP contribution >= 0.6 is 0 Å². The van der Waals surface area contributed by atoms with Crippen molar-refractivity contribution in [3.05, 3.63) is 22.9 Å². The molecule has 11 nitrogen and oxygen atoms in total. The summed E-state index contributed by atoms with van der Waals surface area (Å²) in [5, 5.41) is 23.5. The number of nitrogens with one attached hydrogen (secondary N) is 5. The van der Waals surface area contributed by atoms with Gasteiger partial charge in [0, 0.05) is 24.7 Å². The molecule has 29 heavy (non-hydrogen) atoms. The minimum absolute atomic E-state index is 0.0229. The molecule has 0 bridgehead atoms. The van der Waals surface area contributed by atoms with Crippen LogP contribution in [0.25, 0.3) is 0 Å². The first kappa shape index (κ1) is 21.1. The first-order chi connectivity index (χ1) is 13.6. The molecule has 0 aliphatic carbocycles. The second-order valence-corrected chi connectivity index (χ2v) is 9.20. The molecule has 0 saturated carbocycles. The van der Waals surface area contributed by atoms with Crippen LogP contribution in [0, 0.1) is 11.3 Å². The lowest BCUT2D eigenvalue weighted by Gasteiger charge is -2.38. The Kier molecular flexibility index (Phi) is 5.83. The van der Waals surface area contributed by atoms with Gasteiger partial charge >= 0.3 is 6.03 Å². The first-order valence-corrected chi connectivity index (χ1v) is 10.8. The van der Waals surface area contributed by atoms with Crippen molar-refractivity contribution in [3.8, 4) is 6.07 Å². The van der Waals surface area contributed by atoms with Gasteiger partial charge in [-0.1, -0.05) is 0 Å². The molecule has 3 rings (SSSR count). The van der Waals surface area contributed by atoms with Crippen molar-refractivity contribution in [1.29, 1.82) is 5.26 Å². The second-order valence-electron chi connectivity index (χ2n) is 7.37. The molecule has 0 spiro atoms. The van der Waals surface area contributed by atoms with Crippen LogP contribution in [0.4, 0.5) is 4.79 Å². The summed E-state index contributed by atoms with van der Waals surface area (Å²) in [4.78, 5) is 24.9. The molecule has 5 N–H and O–H groups in total. The summed E-state index contributed by atoms with van der Waals surface area (Å²) < 4.78 is 26.4. The number of piperazine rings is 1. The SMILES string of the molecule is CC1NC=CC2=C1S(=O)(=O)N(CC(=O)N[C@@H](C)C1NCC(C#N)NC1C)C(=O)N2. The molecule has 158 valence electrons. The summed E-state index contributed by atoms with van der Waals surface area (Å²) >= 11 is 0. The number of urea groups is 1. The Morgan fingerprint density at radius 2 is 2.17 bits per heavy atom. The van der Waals surface area contributed by atoms with E-state index in [1.807, 2.05) is 6.92 Å². The highest BCUT2D eigenvalue weighted by atomic mass is 32.2. The highest BCUT2D eigenvalue weighted by Gasteiger charge is 2.42. The van der Waals surface area contributed by atoms with Crippen molar-refractivity contribution in [3.63, 3.8) is 0 Å². The van der Waals surface area contributed by atoms with Crippen LogP contribution in [0.3, 0.4) is 0 Å². The molecule has 0 aromatic heterocycles. The molecule has 0 aromatic carbocycles. The van der Waals surface area contributed by atoms with E-state index in [1.54, 1.807) is 20.0 Å². The molecule has 1 fully saturated rings. The second kappa shape index (κ2) is 8.02. The molecular formula is C17H25N7O4S. The van der Waals surface area contributed by atoms with E-state index in [9.17, 15) is 18.0 Å². The van der Waals surface area contributed by atoms with E-state index in [1.165, 1.54) is 6.08 Å². The highest BCUT2D eigenvalue weighted by molar-refractivity contribution is 7.93. The fourth-order valence-electron chi connectivity index (χ4n) is 3.82. The summed E-state index contributed by atoms with van der Waals surface area (Å²) in [6.07, 6.45) is 3.04. The van der Waals surface area contributed by atoms with Crippen LogP contribution in [0.5, 0.6) is 0 Å². The van der Waals surface area contributed by atoms with Gasteiger partial charge in [0.05, 0.1) is 17.8 Å². The Labute approximate surface area is 169 Å². The van der Waals surface area contributed by atoms with Gasteiger partial charge in [-0.3, -0.25) is 10.1 Å². The largest absolute Gasteiger partial charge is 0.383 e. The topological polar surface area (TPSA) is 155 Å². The van der Waals surface area contributed by atoms with Crippen molar-refractivity contribution < 1.29 is 18.0 Å². The summed E-state index contributed by atoms with van der Waals surface area (Å²) in [5.74, 6) is -0.594. The zero-order valence-electron chi connectivity index (χ0n) is 16.4. The molecule has 5 atom stereocenters. The van der Waals surface area contributed by atoms with E-state index < -0.39 is 34.5 Å². The molecule has 3 heterocycles. The lowest BCUT2D eigenvalue weighted by molar-refractivity contribution is -0.121. The molecule has 3 aliphatic heterocycles. The molecule has 1 saturated heterocycles. The summed E-state index contributed by atoms with van der Waals surface area (Å²) in [5.41, 5.74) is 0.213. The number of sulfonamides is 1. The molecule has 3 amide bonds. The normalized spacial score (nSPS) is 31.8. The van der Waals surface area contributed by atoms with Crippen LogP contribution in [-0.2, 0) is 14.8 Å². The average molecular weight is 423 g/mol. The number of amides is 3. The van der Waals surface area contributed by atoms with Gasteiger partial charge < -0.3 is 21.3 Å². The van der Waals surface area contributed by atoms with E-state index in [-0.39, 0.29) is 34.8 Å². The summed E-state index contributed by atoms with van der Waals surface area (Å²) in [7, 11) is -4.14. The van der Waals surface area contributed by atoms with E-state index >= 15 is 0 Å². The Morgan fingerprint density at radius 3 is 2.83 bits per heavy atom. The van der Waals surface area contributed by atoms with Crippen LogP contribution in [0.1, 0.15) is 20.8 Å². The molecule has 12 heteroatoms. The van der Waals surface area contributed by atoms with Gasteiger partial charge in [0.15, 0.2) is 0 Å². The minimum Gasteiger partial charge on any atom is -0.383 e. The number of hydrogen-bond donors (Lipinski definition) is 5. The molecule has 4 unspecified atom stereocenters. The predicted octanol–water partition coefficient (Wildman–Crippen LogP) is -1.59. The van der Waals surface area contributed by atoms with Crippen molar-refractivity contribution in [2.45, 2.75) is 51.0 Å². The summed E-state index contributed by atoms with van der Waals surface area (Å²) in [6.45, 7) is 5.14. The van der Waals surface area contributed by atoms with Gasteiger partial charge in [-0.2, -0.15) is 5.26 Å². The van der Waals surface area contributed by atoms with Crippen molar-refractivity contribution in [1.82, 2.24) is 30.9 Å².